The van der Waals surface area contributed by atoms with E-state index in [1.807, 2.05) is 13.0 Å². The van der Waals surface area contributed by atoms with E-state index in [2.05, 4.69) is 26.6 Å². The van der Waals surface area contributed by atoms with Crippen molar-refractivity contribution in [2.75, 3.05) is 46.9 Å². The Kier molecular flexibility index (Phi) is 7.42. The van der Waals surface area contributed by atoms with E-state index in [9.17, 15) is 0 Å². The number of aliphatic imine (C=N–C) groups is 1. The number of hydrogen-bond donors (Lipinski definition) is 2. The van der Waals surface area contributed by atoms with Crippen LogP contribution >= 0.6 is 0 Å². The van der Waals surface area contributed by atoms with E-state index in [4.69, 9.17) is 9.15 Å². The summed E-state index contributed by atoms with van der Waals surface area (Å²) in [6.45, 7) is 6.65. The molecular weight excluding hydrogens is 292 g/mol. The van der Waals surface area contributed by atoms with Crippen LogP contribution < -0.4 is 10.6 Å². The first kappa shape index (κ1) is 17.8. The molecule has 0 bridgehead atoms. The summed E-state index contributed by atoms with van der Waals surface area (Å²) < 4.78 is 10.9. The van der Waals surface area contributed by atoms with E-state index in [-0.39, 0.29) is 6.04 Å². The molecule has 2 rings (SSSR count). The van der Waals surface area contributed by atoms with E-state index >= 15 is 0 Å². The molecule has 1 aliphatic rings. The Labute approximate surface area is 139 Å². The number of guanidine groups is 1. The van der Waals surface area contributed by atoms with Crippen LogP contribution in [0.4, 0.5) is 0 Å². The van der Waals surface area contributed by atoms with Crippen LogP contribution in [0.1, 0.15) is 36.8 Å². The molecule has 1 atom stereocenters. The van der Waals surface area contributed by atoms with Crippen LogP contribution in [0.5, 0.6) is 0 Å². The summed E-state index contributed by atoms with van der Waals surface area (Å²) >= 11 is 0. The van der Waals surface area contributed by atoms with Gasteiger partial charge in [-0.2, -0.15) is 0 Å². The van der Waals surface area contributed by atoms with Crippen molar-refractivity contribution in [3.05, 3.63) is 23.7 Å². The molecule has 2 heterocycles. The summed E-state index contributed by atoms with van der Waals surface area (Å²) in [5.74, 6) is 2.83. The van der Waals surface area contributed by atoms with Gasteiger partial charge in [0.1, 0.15) is 11.5 Å². The number of methoxy groups -OCH3 is 1. The lowest BCUT2D eigenvalue weighted by molar-refractivity contribution is 0.195. The predicted molar refractivity (Wildman–Crippen MR) is 92.9 cm³/mol. The summed E-state index contributed by atoms with van der Waals surface area (Å²) in [7, 11) is 3.52. The Morgan fingerprint density at radius 1 is 1.35 bits per heavy atom. The summed E-state index contributed by atoms with van der Waals surface area (Å²) in [5, 5.41) is 6.74. The lowest BCUT2D eigenvalue weighted by atomic mass is 10.2. The summed E-state index contributed by atoms with van der Waals surface area (Å²) in [5.41, 5.74) is 0. The summed E-state index contributed by atoms with van der Waals surface area (Å²) in [4.78, 5) is 6.78. The minimum Gasteiger partial charge on any atom is -0.465 e. The van der Waals surface area contributed by atoms with Crippen molar-refractivity contribution in [3.63, 3.8) is 0 Å². The number of rotatable bonds is 8. The molecule has 1 aliphatic heterocycles. The summed E-state index contributed by atoms with van der Waals surface area (Å²) in [6.07, 6.45) is 3.49. The highest BCUT2D eigenvalue weighted by Crippen LogP contribution is 2.26. The number of aryl methyl sites for hydroxylation is 1. The van der Waals surface area contributed by atoms with Gasteiger partial charge in [0, 0.05) is 33.9 Å². The Morgan fingerprint density at radius 2 is 2.13 bits per heavy atom. The smallest absolute Gasteiger partial charge is 0.191 e. The molecular formula is C17H30N4O2. The van der Waals surface area contributed by atoms with E-state index in [1.54, 1.807) is 14.2 Å². The molecule has 1 aromatic rings. The van der Waals surface area contributed by atoms with Gasteiger partial charge in [0.25, 0.3) is 0 Å². The lowest BCUT2D eigenvalue weighted by Gasteiger charge is -2.26. The van der Waals surface area contributed by atoms with Crippen LogP contribution in [0, 0.1) is 6.92 Å². The number of hydrogen-bond acceptors (Lipinski definition) is 4. The second-order valence-electron chi connectivity index (χ2n) is 5.93. The van der Waals surface area contributed by atoms with Crippen LogP contribution in [-0.2, 0) is 4.74 Å². The number of ether oxygens (including phenoxy) is 1. The maximum atomic E-state index is 5.88. The third-order valence-corrected chi connectivity index (χ3v) is 4.18. The van der Waals surface area contributed by atoms with Gasteiger partial charge in [-0.1, -0.05) is 0 Å². The van der Waals surface area contributed by atoms with Crippen molar-refractivity contribution in [2.45, 2.75) is 32.2 Å². The SMILES string of the molecule is CN=C(NCCCOC)NCC(c1ccc(C)o1)N1CCCC1. The van der Waals surface area contributed by atoms with Crippen molar-refractivity contribution in [1.82, 2.24) is 15.5 Å². The molecule has 0 aliphatic carbocycles. The minimum atomic E-state index is 0.253. The highest BCUT2D eigenvalue weighted by molar-refractivity contribution is 5.79. The van der Waals surface area contributed by atoms with E-state index in [1.165, 1.54) is 12.8 Å². The topological polar surface area (TPSA) is 62.0 Å². The third kappa shape index (κ3) is 5.55. The van der Waals surface area contributed by atoms with E-state index in [0.29, 0.717) is 0 Å². The molecule has 0 radical (unpaired) electrons. The van der Waals surface area contributed by atoms with Gasteiger partial charge in [-0.25, -0.2) is 0 Å². The fraction of sp³-hybridized carbons (Fsp3) is 0.706. The molecule has 6 nitrogen and oxygen atoms in total. The molecule has 0 saturated carbocycles. The first-order chi connectivity index (χ1) is 11.2. The molecule has 1 fully saturated rings. The Hall–Kier alpha value is -1.53. The zero-order valence-corrected chi connectivity index (χ0v) is 14.6. The van der Waals surface area contributed by atoms with Gasteiger partial charge < -0.3 is 19.8 Å². The van der Waals surface area contributed by atoms with Crippen LogP contribution in [0.15, 0.2) is 21.5 Å². The van der Waals surface area contributed by atoms with Gasteiger partial charge in [0.15, 0.2) is 5.96 Å². The van der Waals surface area contributed by atoms with Gasteiger partial charge in [0.05, 0.1) is 6.04 Å². The number of nitrogens with zero attached hydrogens (tertiary/aromatic N) is 2. The normalized spacial score (nSPS) is 17.4. The Morgan fingerprint density at radius 3 is 2.74 bits per heavy atom. The maximum Gasteiger partial charge on any atom is 0.191 e. The molecule has 2 N–H and O–H groups in total. The largest absolute Gasteiger partial charge is 0.465 e. The molecule has 130 valence electrons. The van der Waals surface area contributed by atoms with Gasteiger partial charge in [0.2, 0.25) is 0 Å². The van der Waals surface area contributed by atoms with Crippen molar-refractivity contribution in [1.29, 1.82) is 0 Å². The lowest BCUT2D eigenvalue weighted by Crippen LogP contribution is -2.43. The van der Waals surface area contributed by atoms with Gasteiger partial charge in [-0.3, -0.25) is 9.89 Å². The molecule has 0 spiro atoms. The molecule has 0 amide bonds. The standard InChI is InChI=1S/C17H30N4O2/c1-14-7-8-16(23-14)15(21-10-4-5-11-21)13-20-17(18-2)19-9-6-12-22-3/h7-8,15H,4-6,9-13H2,1-3H3,(H2,18,19,20). The van der Waals surface area contributed by atoms with Crippen LogP contribution in [0.3, 0.4) is 0 Å². The van der Waals surface area contributed by atoms with Crippen molar-refractivity contribution in [2.24, 2.45) is 4.99 Å². The first-order valence-corrected chi connectivity index (χ1v) is 8.48. The number of furan rings is 1. The third-order valence-electron chi connectivity index (χ3n) is 4.18. The molecule has 1 aromatic heterocycles. The Bertz CT molecular complexity index is 481. The van der Waals surface area contributed by atoms with Crippen molar-refractivity contribution < 1.29 is 9.15 Å². The van der Waals surface area contributed by atoms with E-state index in [0.717, 1.165) is 56.7 Å². The number of nitrogens with one attached hydrogen (secondary N) is 2. The molecule has 6 heteroatoms. The molecule has 1 saturated heterocycles. The maximum absolute atomic E-state index is 5.88. The zero-order valence-electron chi connectivity index (χ0n) is 14.6. The highest BCUT2D eigenvalue weighted by Gasteiger charge is 2.26. The fourth-order valence-electron chi connectivity index (χ4n) is 2.93. The first-order valence-electron chi connectivity index (χ1n) is 8.48. The van der Waals surface area contributed by atoms with Gasteiger partial charge >= 0.3 is 0 Å². The van der Waals surface area contributed by atoms with Crippen LogP contribution in [0.2, 0.25) is 0 Å². The molecule has 0 aromatic carbocycles. The highest BCUT2D eigenvalue weighted by atomic mass is 16.5. The monoisotopic (exact) mass is 322 g/mol. The molecule has 1 unspecified atom stereocenters. The average molecular weight is 322 g/mol. The zero-order chi connectivity index (χ0) is 16.5. The van der Waals surface area contributed by atoms with Crippen LogP contribution in [-0.4, -0.2) is 57.8 Å². The van der Waals surface area contributed by atoms with Crippen molar-refractivity contribution in [3.8, 4) is 0 Å². The molecule has 23 heavy (non-hydrogen) atoms. The van der Waals surface area contributed by atoms with Crippen LogP contribution in [0.25, 0.3) is 0 Å². The van der Waals surface area contributed by atoms with Gasteiger partial charge in [-0.05, 0) is 51.4 Å². The fourth-order valence-corrected chi connectivity index (χ4v) is 2.93. The predicted octanol–water partition coefficient (Wildman–Crippen LogP) is 1.93. The summed E-state index contributed by atoms with van der Waals surface area (Å²) in [6, 6.07) is 4.38. The van der Waals surface area contributed by atoms with Gasteiger partial charge in [-0.15, -0.1) is 0 Å². The number of likely N-dealkylation sites (tertiary alicyclic amines) is 1. The van der Waals surface area contributed by atoms with E-state index < -0.39 is 0 Å². The van der Waals surface area contributed by atoms with Crippen molar-refractivity contribution >= 4 is 5.96 Å². The second kappa shape index (κ2) is 9.57. The second-order valence-corrected chi connectivity index (χ2v) is 5.93. The quantitative estimate of drug-likeness (QED) is 0.435. The average Bonchev–Trinajstić information content (AvgIpc) is 3.22. The Balaban J connectivity index is 1.89. The minimum absolute atomic E-state index is 0.253.